The van der Waals surface area contributed by atoms with Gasteiger partial charge in [-0.3, -0.25) is 4.79 Å². The van der Waals surface area contributed by atoms with E-state index >= 15 is 0 Å². The van der Waals surface area contributed by atoms with E-state index in [1.807, 2.05) is 0 Å². The van der Waals surface area contributed by atoms with Gasteiger partial charge in [0.15, 0.2) is 4.34 Å². The Balaban J connectivity index is 2.59. The largest absolute Gasteiger partial charge is 0.468 e. The van der Waals surface area contributed by atoms with Crippen LogP contribution in [-0.2, 0) is 9.53 Å². The number of aromatic nitrogens is 2. The molecule has 7 heteroatoms. The van der Waals surface area contributed by atoms with Crippen molar-refractivity contribution in [3.05, 3.63) is 0 Å². The highest BCUT2D eigenvalue weighted by molar-refractivity contribution is 8.02. The minimum absolute atomic E-state index is 0.211. The number of anilines is 1. The van der Waals surface area contributed by atoms with Gasteiger partial charge in [-0.2, -0.15) is 0 Å². The fraction of sp³-hybridized carbons (Fsp3) is 0.667. The van der Waals surface area contributed by atoms with Crippen molar-refractivity contribution in [2.24, 2.45) is 0 Å². The first kappa shape index (κ1) is 13.2. The molecule has 0 aromatic carbocycles. The van der Waals surface area contributed by atoms with Gasteiger partial charge in [0.05, 0.1) is 7.11 Å². The summed E-state index contributed by atoms with van der Waals surface area (Å²) in [5, 5.41) is 7.79. The topological polar surface area (TPSA) is 78.1 Å². The number of carbonyl (C=O) groups is 1. The minimum atomic E-state index is -0.216. The molecule has 1 aromatic rings. The van der Waals surface area contributed by atoms with Crippen LogP contribution in [0.4, 0.5) is 5.13 Å². The van der Waals surface area contributed by atoms with Gasteiger partial charge in [0.2, 0.25) is 5.13 Å². The van der Waals surface area contributed by atoms with Crippen molar-refractivity contribution in [2.45, 2.75) is 35.8 Å². The van der Waals surface area contributed by atoms with Gasteiger partial charge in [0.1, 0.15) is 5.25 Å². The summed E-state index contributed by atoms with van der Waals surface area (Å²) in [6, 6.07) is 0. The zero-order chi connectivity index (χ0) is 12.0. The van der Waals surface area contributed by atoms with Crippen molar-refractivity contribution in [1.82, 2.24) is 10.2 Å². The Morgan fingerprint density at radius 2 is 2.38 bits per heavy atom. The number of hydrogen-bond acceptors (Lipinski definition) is 7. The lowest BCUT2D eigenvalue weighted by Gasteiger charge is -2.11. The second kappa shape index (κ2) is 6.70. The number of ether oxygens (including phenoxy) is 1. The molecule has 0 spiro atoms. The summed E-state index contributed by atoms with van der Waals surface area (Å²) in [5.41, 5.74) is 5.48. The maximum atomic E-state index is 11.5. The molecule has 1 atom stereocenters. The lowest BCUT2D eigenvalue weighted by Crippen LogP contribution is -2.18. The molecule has 0 aliphatic heterocycles. The van der Waals surface area contributed by atoms with Crippen LogP contribution in [0.15, 0.2) is 4.34 Å². The molecule has 1 unspecified atom stereocenters. The summed E-state index contributed by atoms with van der Waals surface area (Å²) in [6.45, 7) is 2.09. The van der Waals surface area contributed by atoms with Crippen LogP contribution in [-0.4, -0.2) is 28.5 Å². The summed E-state index contributed by atoms with van der Waals surface area (Å²) in [6.07, 6.45) is 2.82. The Kier molecular flexibility index (Phi) is 5.54. The number of thioether (sulfide) groups is 1. The Morgan fingerprint density at radius 1 is 1.62 bits per heavy atom. The first-order valence-corrected chi connectivity index (χ1v) is 6.70. The summed E-state index contributed by atoms with van der Waals surface area (Å²) >= 11 is 2.66. The van der Waals surface area contributed by atoms with Crippen molar-refractivity contribution in [2.75, 3.05) is 12.8 Å². The summed E-state index contributed by atoms with van der Waals surface area (Å²) < 4.78 is 5.47. The molecule has 0 aliphatic rings. The Hall–Kier alpha value is -0.820. The van der Waals surface area contributed by atoms with Gasteiger partial charge in [-0.15, -0.1) is 10.2 Å². The first-order chi connectivity index (χ1) is 7.67. The van der Waals surface area contributed by atoms with Crippen molar-refractivity contribution >= 4 is 34.2 Å². The normalized spacial score (nSPS) is 12.4. The number of esters is 1. The lowest BCUT2D eigenvalue weighted by atomic mass is 10.2. The van der Waals surface area contributed by atoms with Crippen LogP contribution in [0.1, 0.15) is 26.2 Å². The van der Waals surface area contributed by atoms with E-state index < -0.39 is 0 Å². The first-order valence-electron chi connectivity index (χ1n) is 5.00. The van der Waals surface area contributed by atoms with Gasteiger partial charge in [0.25, 0.3) is 0 Å². The molecule has 0 aliphatic carbocycles. The lowest BCUT2D eigenvalue weighted by molar-refractivity contribution is -0.140. The van der Waals surface area contributed by atoms with Crippen molar-refractivity contribution in [3.63, 3.8) is 0 Å². The molecule has 0 amide bonds. The van der Waals surface area contributed by atoms with Crippen molar-refractivity contribution in [1.29, 1.82) is 0 Å². The molecule has 1 rings (SSSR count). The van der Waals surface area contributed by atoms with Gasteiger partial charge in [-0.1, -0.05) is 42.9 Å². The van der Waals surface area contributed by atoms with Crippen LogP contribution >= 0.6 is 23.1 Å². The van der Waals surface area contributed by atoms with E-state index in [4.69, 9.17) is 10.5 Å². The van der Waals surface area contributed by atoms with Crippen molar-refractivity contribution < 1.29 is 9.53 Å². The summed E-state index contributed by atoms with van der Waals surface area (Å²) in [4.78, 5) is 11.5. The van der Waals surface area contributed by atoms with E-state index in [0.717, 1.165) is 19.3 Å². The third kappa shape index (κ3) is 3.97. The molecule has 90 valence electrons. The molecule has 1 aromatic heterocycles. The average Bonchev–Trinajstić information content (AvgIpc) is 2.69. The van der Waals surface area contributed by atoms with E-state index in [0.29, 0.717) is 9.47 Å². The monoisotopic (exact) mass is 261 g/mol. The maximum Gasteiger partial charge on any atom is 0.319 e. The zero-order valence-corrected chi connectivity index (χ0v) is 10.9. The fourth-order valence-corrected chi connectivity index (χ4v) is 3.08. The van der Waals surface area contributed by atoms with Gasteiger partial charge in [-0.25, -0.2) is 0 Å². The number of hydrogen-bond donors (Lipinski definition) is 1. The second-order valence-corrected chi connectivity index (χ2v) is 5.64. The molecule has 16 heavy (non-hydrogen) atoms. The van der Waals surface area contributed by atoms with E-state index in [9.17, 15) is 4.79 Å². The third-order valence-corrected chi connectivity index (χ3v) is 4.03. The van der Waals surface area contributed by atoms with Crippen LogP contribution in [0.2, 0.25) is 0 Å². The van der Waals surface area contributed by atoms with Gasteiger partial charge >= 0.3 is 5.97 Å². The highest BCUT2D eigenvalue weighted by Gasteiger charge is 2.21. The minimum Gasteiger partial charge on any atom is -0.468 e. The number of carbonyl (C=O) groups excluding carboxylic acids is 1. The van der Waals surface area contributed by atoms with E-state index in [1.165, 1.54) is 30.2 Å². The molecule has 0 saturated carbocycles. The molecule has 5 nitrogen and oxygen atoms in total. The number of nitrogens with two attached hydrogens (primary N) is 1. The van der Waals surface area contributed by atoms with E-state index in [2.05, 4.69) is 17.1 Å². The summed E-state index contributed by atoms with van der Waals surface area (Å²) in [7, 11) is 1.40. The van der Waals surface area contributed by atoms with Crippen LogP contribution in [0.3, 0.4) is 0 Å². The Morgan fingerprint density at radius 3 is 2.88 bits per heavy atom. The number of methoxy groups -OCH3 is 1. The summed E-state index contributed by atoms with van der Waals surface area (Å²) in [5.74, 6) is -0.216. The van der Waals surface area contributed by atoms with Crippen molar-refractivity contribution in [3.8, 4) is 0 Å². The number of nitrogen functional groups attached to an aromatic ring is 1. The molecular weight excluding hydrogens is 246 g/mol. The molecular formula is C9H15N3O2S2. The van der Waals surface area contributed by atoms with Crippen LogP contribution < -0.4 is 5.73 Å². The van der Waals surface area contributed by atoms with E-state index in [1.54, 1.807) is 0 Å². The highest BCUT2D eigenvalue weighted by Crippen LogP contribution is 2.30. The van der Waals surface area contributed by atoms with Crippen LogP contribution in [0, 0.1) is 0 Å². The SMILES string of the molecule is CCCCC(Sc1nnc(N)s1)C(=O)OC. The molecule has 1 heterocycles. The highest BCUT2D eigenvalue weighted by atomic mass is 32.2. The Labute approximate surface area is 103 Å². The van der Waals surface area contributed by atoms with Gasteiger partial charge in [0, 0.05) is 0 Å². The molecule has 0 fully saturated rings. The standard InChI is InChI=1S/C9H15N3O2S2/c1-3-4-5-6(7(13)14-2)15-9-12-11-8(10)16-9/h6H,3-5H2,1-2H3,(H2,10,11). The predicted octanol–water partition coefficient (Wildman–Crippen LogP) is 1.94. The number of unbranched alkanes of at least 4 members (excludes halogenated alkanes) is 1. The number of nitrogens with zero attached hydrogens (tertiary/aromatic N) is 2. The molecule has 2 N–H and O–H groups in total. The zero-order valence-electron chi connectivity index (χ0n) is 9.30. The third-order valence-electron chi connectivity index (χ3n) is 1.95. The number of rotatable bonds is 6. The quantitative estimate of drug-likeness (QED) is 0.623. The molecule has 0 radical (unpaired) electrons. The Bertz CT molecular complexity index is 343. The fourth-order valence-electron chi connectivity index (χ4n) is 1.14. The average molecular weight is 261 g/mol. The molecule has 0 saturated heterocycles. The van der Waals surface area contributed by atoms with Crippen LogP contribution in [0.5, 0.6) is 0 Å². The van der Waals surface area contributed by atoms with Gasteiger partial charge in [-0.05, 0) is 6.42 Å². The maximum absolute atomic E-state index is 11.5. The predicted molar refractivity (Wildman–Crippen MR) is 65.5 cm³/mol. The van der Waals surface area contributed by atoms with E-state index in [-0.39, 0.29) is 11.2 Å². The second-order valence-electron chi connectivity index (χ2n) is 3.18. The van der Waals surface area contributed by atoms with Crippen LogP contribution in [0.25, 0.3) is 0 Å². The molecule has 0 bridgehead atoms. The smallest absolute Gasteiger partial charge is 0.319 e. The van der Waals surface area contributed by atoms with Gasteiger partial charge < -0.3 is 10.5 Å².